The zero-order chi connectivity index (χ0) is 14.8. The Balaban J connectivity index is 2.00. The highest BCUT2D eigenvalue weighted by Crippen LogP contribution is 2.23. The molecule has 1 aromatic carbocycles. The maximum absolute atomic E-state index is 5.12. The van der Waals surface area contributed by atoms with Gasteiger partial charge in [-0.15, -0.1) is 0 Å². The smallest absolute Gasteiger partial charge is 0.137 e. The Morgan fingerprint density at radius 2 is 1.86 bits per heavy atom. The molecular weight excluding hydrogens is 260 g/mol. The number of aromatic nitrogens is 2. The van der Waals surface area contributed by atoms with Crippen molar-refractivity contribution in [3.8, 4) is 11.3 Å². The normalized spacial score (nSPS) is 11.2. The molecule has 3 nitrogen and oxygen atoms in total. The van der Waals surface area contributed by atoms with Crippen LogP contribution in [0.15, 0.2) is 42.6 Å². The minimum Gasteiger partial charge on any atom is -0.384 e. The first kappa shape index (κ1) is 13.8. The molecule has 0 aliphatic carbocycles. The molecule has 0 saturated heterocycles. The largest absolute Gasteiger partial charge is 0.384 e. The minimum absolute atomic E-state index is 0.757. The molecule has 108 valence electrons. The average molecular weight is 280 g/mol. The van der Waals surface area contributed by atoms with Crippen LogP contribution < -0.4 is 0 Å². The Morgan fingerprint density at radius 3 is 2.57 bits per heavy atom. The van der Waals surface area contributed by atoms with E-state index in [0.29, 0.717) is 0 Å². The van der Waals surface area contributed by atoms with Crippen molar-refractivity contribution in [3.05, 3.63) is 59.4 Å². The summed E-state index contributed by atoms with van der Waals surface area (Å²) in [6, 6.07) is 12.9. The van der Waals surface area contributed by atoms with Crippen LogP contribution in [-0.2, 0) is 11.2 Å². The summed E-state index contributed by atoms with van der Waals surface area (Å²) in [5.41, 5.74) is 7.08. The number of methoxy groups -OCH3 is 1. The molecule has 0 atom stereocenters. The molecular formula is C18H20N2O. The molecule has 0 amide bonds. The first-order chi connectivity index (χ1) is 10.2. The van der Waals surface area contributed by atoms with Gasteiger partial charge in [0.15, 0.2) is 0 Å². The highest BCUT2D eigenvalue weighted by Gasteiger charge is 2.08. The average Bonchev–Trinajstić information content (AvgIpc) is 2.89. The van der Waals surface area contributed by atoms with Gasteiger partial charge in [-0.1, -0.05) is 24.3 Å². The zero-order valence-corrected chi connectivity index (χ0v) is 12.8. The number of hydrogen-bond donors (Lipinski definition) is 0. The summed E-state index contributed by atoms with van der Waals surface area (Å²) in [4.78, 5) is 4.53. The van der Waals surface area contributed by atoms with Crippen molar-refractivity contribution >= 4 is 5.65 Å². The Kier molecular flexibility index (Phi) is 3.76. The third-order valence-corrected chi connectivity index (χ3v) is 3.78. The predicted octanol–water partition coefficient (Wildman–Crippen LogP) is 3.81. The molecule has 0 aliphatic heterocycles. The lowest BCUT2D eigenvalue weighted by molar-refractivity contribution is 0.202. The first-order valence-electron chi connectivity index (χ1n) is 7.22. The predicted molar refractivity (Wildman–Crippen MR) is 85.7 cm³/mol. The molecule has 3 aromatic rings. The van der Waals surface area contributed by atoms with Crippen molar-refractivity contribution in [3.63, 3.8) is 0 Å². The van der Waals surface area contributed by atoms with Gasteiger partial charge in [-0.25, -0.2) is 4.98 Å². The van der Waals surface area contributed by atoms with Gasteiger partial charge in [0.2, 0.25) is 0 Å². The number of pyridine rings is 1. The molecule has 0 aliphatic rings. The van der Waals surface area contributed by atoms with E-state index in [1.54, 1.807) is 7.11 Å². The minimum atomic E-state index is 0.757. The lowest BCUT2D eigenvalue weighted by atomic mass is 10.1. The summed E-state index contributed by atoms with van der Waals surface area (Å²) in [7, 11) is 1.73. The summed E-state index contributed by atoms with van der Waals surface area (Å²) >= 11 is 0. The van der Waals surface area contributed by atoms with E-state index in [1.807, 2.05) is 6.20 Å². The fourth-order valence-corrected chi connectivity index (χ4v) is 2.74. The van der Waals surface area contributed by atoms with Crippen molar-refractivity contribution in [2.24, 2.45) is 0 Å². The Morgan fingerprint density at radius 1 is 1.10 bits per heavy atom. The Hall–Kier alpha value is -2.13. The lowest BCUT2D eigenvalue weighted by Crippen LogP contribution is -1.96. The fourth-order valence-electron chi connectivity index (χ4n) is 2.74. The van der Waals surface area contributed by atoms with Gasteiger partial charge in [0.05, 0.1) is 18.5 Å². The van der Waals surface area contributed by atoms with Crippen molar-refractivity contribution < 1.29 is 4.74 Å². The third-order valence-electron chi connectivity index (χ3n) is 3.78. The maximum atomic E-state index is 5.12. The monoisotopic (exact) mass is 280 g/mol. The van der Waals surface area contributed by atoms with Crippen LogP contribution in [-0.4, -0.2) is 23.1 Å². The van der Waals surface area contributed by atoms with Crippen LogP contribution in [0.25, 0.3) is 16.9 Å². The molecule has 0 saturated carbocycles. The maximum Gasteiger partial charge on any atom is 0.137 e. The first-order valence-corrected chi connectivity index (χ1v) is 7.22. The fraction of sp³-hybridized carbons (Fsp3) is 0.278. The second-order valence-corrected chi connectivity index (χ2v) is 5.45. The molecule has 0 unspecified atom stereocenters. The summed E-state index contributed by atoms with van der Waals surface area (Å²) in [6.07, 6.45) is 2.90. The molecule has 0 fully saturated rings. The summed E-state index contributed by atoms with van der Waals surface area (Å²) in [5.74, 6) is 0. The molecule has 2 aromatic heterocycles. The molecule has 0 spiro atoms. The lowest BCUT2D eigenvalue weighted by Gasteiger charge is -2.08. The van der Waals surface area contributed by atoms with Gasteiger partial charge in [0.25, 0.3) is 0 Å². The Labute approximate surface area is 125 Å². The highest BCUT2D eigenvalue weighted by atomic mass is 16.5. The molecule has 0 bridgehead atoms. The number of imidazole rings is 1. The second kappa shape index (κ2) is 5.70. The highest BCUT2D eigenvalue weighted by molar-refractivity contribution is 5.65. The quantitative estimate of drug-likeness (QED) is 0.726. The van der Waals surface area contributed by atoms with E-state index >= 15 is 0 Å². The molecule has 2 heterocycles. The Bertz CT molecular complexity index is 757. The van der Waals surface area contributed by atoms with Crippen molar-refractivity contribution in [2.75, 3.05) is 13.7 Å². The van der Waals surface area contributed by atoms with Crippen LogP contribution in [0.2, 0.25) is 0 Å². The van der Waals surface area contributed by atoms with E-state index in [2.05, 4.69) is 59.6 Å². The van der Waals surface area contributed by atoms with Crippen LogP contribution >= 0.6 is 0 Å². The van der Waals surface area contributed by atoms with Crippen LogP contribution in [0.4, 0.5) is 0 Å². The van der Waals surface area contributed by atoms with Gasteiger partial charge >= 0.3 is 0 Å². The third kappa shape index (κ3) is 2.69. The number of nitrogens with zero attached hydrogens (tertiary/aromatic N) is 2. The van der Waals surface area contributed by atoms with E-state index in [9.17, 15) is 0 Å². The topological polar surface area (TPSA) is 26.5 Å². The number of aryl methyl sites for hydroxylation is 2. The van der Waals surface area contributed by atoms with Gasteiger partial charge < -0.3 is 4.74 Å². The van der Waals surface area contributed by atoms with E-state index in [-0.39, 0.29) is 0 Å². The van der Waals surface area contributed by atoms with E-state index in [0.717, 1.165) is 24.4 Å². The number of hydrogen-bond acceptors (Lipinski definition) is 2. The number of rotatable bonds is 4. The van der Waals surface area contributed by atoms with Gasteiger partial charge in [0, 0.05) is 18.4 Å². The van der Waals surface area contributed by atoms with Gasteiger partial charge in [-0.2, -0.15) is 0 Å². The van der Waals surface area contributed by atoms with Crippen molar-refractivity contribution in [1.82, 2.24) is 9.38 Å². The SMILES string of the molecule is COCCc1ccc(-c2cnc3cc(C)cc(C)n23)cc1. The van der Waals surface area contributed by atoms with Crippen LogP contribution in [0.1, 0.15) is 16.8 Å². The molecule has 0 radical (unpaired) electrons. The van der Waals surface area contributed by atoms with E-state index < -0.39 is 0 Å². The van der Waals surface area contributed by atoms with Crippen molar-refractivity contribution in [1.29, 1.82) is 0 Å². The van der Waals surface area contributed by atoms with Gasteiger partial charge in [0.1, 0.15) is 5.65 Å². The summed E-state index contributed by atoms with van der Waals surface area (Å²) < 4.78 is 7.32. The van der Waals surface area contributed by atoms with E-state index in [1.165, 1.54) is 22.4 Å². The molecule has 3 rings (SSSR count). The van der Waals surface area contributed by atoms with Gasteiger partial charge in [-0.3, -0.25) is 4.40 Å². The zero-order valence-electron chi connectivity index (χ0n) is 12.8. The molecule has 3 heteroatoms. The van der Waals surface area contributed by atoms with Crippen LogP contribution in [0.3, 0.4) is 0 Å². The summed E-state index contributed by atoms with van der Waals surface area (Å²) in [5, 5.41) is 0. The standard InChI is InChI=1S/C18H20N2O/c1-13-10-14(2)20-17(12-19-18(20)11-13)16-6-4-15(5-7-16)8-9-21-3/h4-7,10-12H,8-9H2,1-3H3. The summed E-state index contributed by atoms with van der Waals surface area (Å²) in [6.45, 7) is 4.98. The second-order valence-electron chi connectivity index (χ2n) is 5.45. The van der Waals surface area contributed by atoms with Crippen LogP contribution in [0.5, 0.6) is 0 Å². The molecule has 0 N–H and O–H groups in total. The number of benzene rings is 1. The number of ether oxygens (including phenoxy) is 1. The van der Waals surface area contributed by atoms with Gasteiger partial charge in [-0.05, 0) is 43.5 Å². The van der Waals surface area contributed by atoms with E-state index in [4.69, 9.17) is 4.74 Å². The van der Waals surface area contributed by atoms with Crippen LogP contribution in [0, 0.1) is 13.8 Å². The number of fused-ring (bicyclic) bond motifs is 1. The molecule has 21 heavy (non-hydrogen) atoms. The van der Waals surface area contributed by atoms with Crippen molar-refractivity contribution in [2.45, 2.75) is 20.3 Å².